The van der Waals surface area contributed by atoms with Gasteiger partial charge in [-0.2, -0.15) is 5.26 Å². The van der Waals surface area contributed by atoms with Gasteiger partial charge in [-0.1, -0.05) is 24.3 Å². The van der Waals surface area contributed by atoms with E-state index in [1.807, 2.05) is 6.07 Å². The predicted molar refractivity (Wildman–Crippen MR) is 97.4 cm³/mol. The molecule has 0 bridgehead atoms. The molecule has 7 nitrogen and oxygen atoms in total. The summed E-state index contributed by atoms with van der Waals surface area (Å²) in [5, 5.41) is 20.1. The Balaban J connectivity index is 2.01. The van der Waals surface area contributed by atoms with Crippen molar-refractivity contribution < 1.29 is 24.2 Å². The van der Waals surface area contributed by atoms with Gasteiger partial charge < -0.3 is 20.3 Å². The van der Waals surface area contributed by atoms with E-state index in [-0.39, 0.29) is 45.2 Å². The number of hydrogen-bond donors (Lipinski definition) is 2. The zero-order chi connectivity index (χ0) is 20.0. The topological polar surface area (TPSA) is 123 Å². The zero-order valence-electron chi connectivity index (χ0n) is 14.7. The fourth-order valence-electron chi connectivity index (χ4n) is 3.51. The Morgan fingerprint density at radius 3 is 2.46 bits per heavy atom. The van der Waals surface area contributed by atoms with Crippen molar-refractivity contribution >= 4 is 11.6 Å². The van der Waals surface area contributed by atoms with E-state index in [1.54, 1.807) is 12.1 Å². The quantitative estimate of drug-likeness (QED) is 0.828. The minimum Gasteiger partial charge on any atom is -0.508 e. The molecule has 0 spiro atoms. The Kier molecular flexibility index (Phi) is 3.90. The summed E-state index contributed by atoms with van der Waals surface area (Å²) in [5.41, 5.74) is 6.43. The smallest absolute Gasteiger partial charge is 0.229 e. The molecule has 1 aliphatic carbocycles. The summed E-state index contributed by atoms with van der Waals surface area (Å²) >= 11 is 0. The normalized spacial score (nSPS) is 18.2. The molecule has 0 radical (unpaired) electrons. The highest BCUT2D eigenvalue weighted by molar-refractivity contribution is 6.27. The van der Waals surface area contributed by atoms with E-state index in [9.17, 15) is 20.0 Å². The molecule has 1 heterocycles. The van der Waals surface area contributed by atoms with Crippen molar-refractivity contribution in [2.24, 2.45) is 5.73 Å². The van der Waals surface area contributed by atoms with Gasteiger partial charge in [-0.25, -0.2) is 0 Å². The molecule has 1 atom stereocenters. The Bertz CT molecular complexity index is 1150. The third kappa shape index (κ3) is 2.36. The average molecular weight is 374 g/mol. The highest BCUT2D eigenvalue weighted by Crippen LogP contribution is 2.46. The average Bonchev–Trinajstić information content (AvgIpc) is 2.71. The van der Waals surface area contributed by atoms with Gasteiger partial charge in [0.15, 0.2) is 11.5 Å². The lowest BCUT2D eigenvalue weighted by Crippen LogP contribution is -2.32. The number of nitrogens with two attached hydrogens (primary N) is 1. The number of nitriles is 1. The van der Waals surface area contributed by atoms with Crippen molar-refractivity contribution in [3.63, 3.8) is 0 Å². The summed E-state index contributed by atoms with van der Waals surface area (Å²) in [4.78, 5) is 26.2. The van der Waals surface area contributed by atoms with Gasteiger partial charge >= 0.3 is 0 Å². The van der Waals surface area contributed by atoms with Crippen molar-refractivity contribution in [1.82, 2.24) is 0 Å². The number of hydrogen-bond acceptors (Lipinski definition) is 7. The van der Waals surface area contributed by atoms with E-state index in [0.29, 0.717) is 5.75 Å². The predicted octanol–water partition coefficient (Wildman–Crippen LogP) is 2.54. The number of benzene rings is 2. The number of methoxy groups -OCH3 is 1. The van der Waals surface area contributed by atoms with Gasteiger partial charge in [-0.15, -0.1) is 0 Å². The maximum absolute atomic E-state index is 13.2. The number of aromatic hydroxyl groups is 1. The first-order chi connectivity index (χ1) is 13.5. The highest BCUT2D eigenvalue weighted by atomic mass is 16.5. The summed E-state index contributed by atoms with van der Waals surface area (Å²) < 4.78 is 10.6. The maximum atomic E-state index is 13.2. The number of nitrogens with zero attached hydrogens (tertiary/aromatic N) is 1. The molecule has 0 saturated carbocycles. The number of Topliss-reactive ketones (excluding diaryl/α,β-unsaturated/α-hetero) is 2. The summed E-state index contributed by atoms with van der Waals surface area (Å²) in [5.74, 6) is -2.29. The zero-order valence-corrected chi connectivity index (χ0v) is 14.7. The van der Waals surface area contributed by atoms with Crippen molar-refractivity contribution in [3.05, 3.63) is 81.9 Å². The Labute approximate surface area is 159 Å². The summed E-state index contributed by atoms with van der Waals surface area (Å²) in [6.07, 6.45) is 0. The number of ether oxygens (including phenoxy) is 2. The van der Waals surface area contributed by atoms with Crippen LogP contribution in [0.1, 0.15) is 32.2 Å². The van der Waals surface area contributed by atoms with E-state index in [4.69, 9.17) is 15.2 Å². The number of ketones is 2. The molecule has 28 heavy (non-hydrogen) atoms. The highest BCUT2D eigenvalue weighted by Gasteiger charge is 2.44. The molecule has 2 aliphatic rings. The number of carbonyl (C=O) groups excluding carboxylic acids is 2. The summed E-state index contributed by atoms with van der Waals surface area (Å²) in [6.45, 7) is 0. The molecule has 3 N–H and O–H groups in total. The standard InChI is InChI=1S/C21H14N2O5/c1-27-10-6-7-15(24)13(8-10)16-14(9-22)21(23)28-20-17(16)18(25)11-4-2-3-5-12(11)19(20)26/h2-8,16,24H,23H2,1H3. The maximum Gasteiger partial charge on any atom is 0.229 e. The van der Waals surface area contributed by atoms with Crippen LogP contribution in [0.25, 0.3) is 0 Å². The van der Waals surface area contributed by atoms with Gasteiger partial charge in [0.1, 0.15) is 23.1 Å². The second kappa shape index (κ2) is 6.28. The second-order valence-corrected chi connectivity index (χ2v) is 6.30. The molecule has 0 aromatic heterocycles. The third-order valence-corrected chi connectivity index (χ3v) is 4.83. The van der Waals surface area contributed by atoms with Crippen LogP contribution in [0.15, 0.2) is 65.3 Å². The largest absolute Gasteiger partial charge is 0.508 e. The lowest BCUT2D eigenvalue weighted by Gasteiger charge is -2.31. The van der Waals surface area contributed by atoms with Crippen LogP contribution in [-0.2, 0) is 4.74 Å². The van der Waals surface area contributed by atoms with E-state index in [2.05, 4.69) is 0 Å². The van der Waals surface area contributed by atoms with Gasteiger partial charge in [-0.05, 0) is 18.2 Å². The van der Waals surface area contributed by atoms with Crippen LogP contribution in [0.2, 0.25) is 0 Å². The lowest BCUT2D eigenvalue weighted by molar-refractivity contribution is 0.0897. The molecule has 0 fully saturated rings. The van der Waals surface area contributed by atoms with Gasteiger partial charge in [0, 0.05) is 16.7 Å². The first-order valence-electron chi connectivity index (χ1n) is 8.35. The lowest BCUT2D eigenvalue weighted by atomic mass is 9.75. The number of rotatable bonds is 2. The first kappa shape index (κ1) is 17.4. The summed E-state index contributed by atoms with van der Waals surface area (Å²) in [6, 6.07) is 12.7. The van der Waals surface area contributed by atoms with Crippen molar-refractivity contribution in [1.29, 1.82) is 5.26 Å². The molecule has 138 valence electrons. The number of phenols is 1. The number of allylic oxidation sites excluding steroid dienone is 3. The van der Waals surface area contributed by atoms with E-state index in [1.165, 1.54) is 37.4 Å². The fourth-order valence-corrected chi connectivity index (χ4v) is 3.51. The molecule has 2 aromatic carbocycles. The molecule has 4 rings (SSSR count). The SMILES string of the molecule is COc1ccc(O)c(C2C(C#N)=C(N)OC3=C2C(=O)c2ccccc2C3=O)c1. The molecule has 1 aliphatic heterocycles. The van der Waals surface area contributed by atoms with Gasteiger partial charge in [0.2, 0.25) is 11.7 Å². The molecule has 0 saturated heterocycles. The van der Waals surface area contributed by atoms with Crippen LogP contribution in [0.3, 0.4) is 0 Å². The van der Waals surface area contributed by atoms with Crippen LogP contribution in [0, 0.1) is 11.3 Å². The Morgan fingerprint density at radius 1 is 1.14 bits per heavy atom. The van der Waals surface area contributed by atoms with Crippen molar-refractivity contribution in [3.8, 4) is 17.6 Å². The molecular formula is C21H14N2O5. The molecular weight excluding hydrogens is 360 g/mol. The molecule has 7 heteroatoms. The number of fused-ring (bicyclic) bond motifs is 1. The van der Waals surface area contributed by atoms with Crippen LogP contribution in [-0.4, -0.2) is 23.8 Å². The van der Waals surface area contributed by atoms with Gasteiger partial charge in [-0.3, -0.25) is 9.59 Å². The van der Waals surface area contributed by atoms with Crippen molar-refractivity contribution in [2.45, 2.75) is 5.92 Å². The minimum absolute atomic E-state index is 0.0296. The van der Waals surface area contributed by atoms with Crippen molar-refractivity contribution in [2.75, 3.05) is 7.11 Å². The Hall–Kier alpha value is -4.05. The summed E-state index contributed by atoms with van der Waals surface area (Å²) in [7, 11) is 1.45. The van der Waals surface area contributed by atoms with Crippen LogP contribution >= 0.6 is 0 Å². The molecule has 0 amide bonds. The van der Waals surface area contributed by atoms with E-state index < -0.39 is 17.5 Å². The molecule has 2 aromatic rings. The molecule has 1 unspecified atom stereocenters. The van der Waals surface area contributed by atoms with E-state index >= 15 is 0 Å². The van der Waals surface area contributed by atoms with Crippen LogP contribution in [0.5, 0.6) is 11.5 Å². The van der Waals surface area contributed by atoms with Crippen LogP contribution in [0.4, 0.5) is 0 Å². The second-order valence-electron chi connectivity index (χ2n) is 6.30. The first-order valence-corrected chi connectivity index (χ1v) is 8.35. The monoisotopic (exact) mass is 374 g/mol. The Morgan fingerprint density at radius 2 is 1.82 bits per heavy atom. The van der Waals surface area contributed by atoms with Crippen LogP contribution < -0.4 is 10.5 Å². The number of carbonyl (C=O) groups is 2. The fraction of sp³-hybridized carbons (Fsp3) is 0.0952. The number of phenolic OH excluding ortho intramolecular Hbond substituents is 1. The third-order valence-electron chi connectivity index (χ3n) is 4.83. The minimum atomic E-state index is -1.06. The van der Waals surface area contributed by atoms with Gasteiger partial charge in [0.25, 0.3) is 0 Å². The van der Waals surface area contributed by atoms with E-state index in [0.717, 1.165) is 0 Å². The van der Waals surface area contributed by atoms with Gasteiger partial charge in [0.05, 0.1) is 18.6 Å².